The fraction of sp³-hybridized carbons (Fsp3) is 0.150. The van der Waals surface area contributed by atoms with Gasteiger partial charge in [0.25, 0.3) is 5.91 Å². The van der Waals surface area contributed by atoms with Crippen molar-refractivity contribution in [2.45, 2.75) is 6.92 Å². The molecule has 0 aliphatic rings. The molecule has 0 radical (unpaired) electrons. The SMILES string of the molecule is COc1cc(/C=C(\C#N)C(=O)Nc2cccc(C)c2)cc(Br)c1OCC(=O)O. The van der Waals surface area contributed by atoms with Crippen molar-refractivity contribution in [1.82, 2.24) is 0 Å². The molecule has 2 rings (SSSR count). The molecule has 0 spiro atoms. The number of hydrogen-bond acceptors (Lipinski definition) is 5. The number of hydrogen-bond donors (Lipinski definition) is 2. The normalized spacial score (nSPS) is 10.7. The molecule has 0 saturated heterocycles. The van der Waals surface area contributed by atoms with Crippen molar-refractivity contribution in [2.75, 3.05) is 19.0 Å². The van der Waals surface area contributed by atoms with Crippen molar-refractivity contribution >= 4 is 39.6 Å². The van der Waals surface area contributed by atoms with Crippen LogP contribution < -0.4 is 14.8 Å². The number of carboxylic acid groups (broad SMARTS) is 1. The Bertz CT molecular complexity index is 979. The summed E-state index contributed by atoms with van der Waals surface area (Å²) in [6, 6.07) is 12.2. The Kier molecular flexibility index (Phi) is 7.18. The smallest absolute Gasteiger partial charge is 0.341 e. The summed E-state index contributed by atoms with van der Waals surface area (Å²) in [7, 11) is 1.40. The van der Waals surface area contributed by atoms with Gasteiger partial charge in [0, 0.05) is 5.69 Å². The van der Waals surface area contributed by atoms with E-state index >= 15 is 0 Å². The molecule has 0 fully saturated rings. The monoisotopic (exact) mass is 444 g/mol. The van der Waals surface area contributed by atoms with E-state index in [-0.39, 0.29) is 17.1 Å². The number of ether oxygens (including phenoxy) is 2. The number of nitrogens with one attached hydrogen (secondary N) is 1. The Morgan fingerprint density at radius 1 is 1.32 bits per heavy atom. The number of carbonyl (C=O) groups is 2. The van der Waals surface area contributed by atoms with Crippen molar-refractivity contribution in [1.29, 1.82) is 5.26 Å². The maximum Gasteiger partial charge on any atom is 0.341 e. The summed E-state index contributed by atoms with van der Waals surface area (Å²) in [5.41, 5.74) is 1.96. The zero-order valence-corrected chi connectivity index (χ0v) is 16.7. The lowest BCUT2D eigenvalue weighted by molar-refractivity contribution is -0.139. The fourth-order valence-electron chi connectivity index (χ4n) is 2.33. The van der Waals surface area contributed by atoms with Crippen LogP contribution in [0.4, 0.5) is 5.69 Å². The summed E-state index contributed by atoms with van der Waals surface area (Å²) in [6.07, 6.45) is 1.40. The number of nitrogens with zero attached hydrogens (tertiary/aromatic N) is 1. The number of aryl methyl sites for hydroxylation is 1. The number of carbonyl (C=O) groups excluding carboxylic acids is 1. The molecule has 28 heavy (non-hydrogen) atoms. The quantitative estimate of drug-likeness (QED) is 0.496. The maximum absolute atomic E-state index is 12.4. The molecule has 0 aromatic heterocycles. The van der Waals surface area contributed by atoms with Crippen molar-refractivity contribution in [3.05, 3.63) is 57.6 Å². The standard InChI is InChI=1S/C20H17BrN2O5/c1-12-4-3-5-15(6-12)23-20(26)14(10-22)7-13-8-16(21)19(17(9-13)27-2)28-11-18(24)25/h3-9H,11H2,1-2H3,(H,23,26)(H,24,25)/b14-7+. The van der Waals surface area contributed by atoms with Crippen LogP contribution in [0.2, 0.25) is 0 Å². The summed E-state index contributed by atoms with van der Waals surface area (Å²) < 4.78 is 10.9. The molecule has 0 saturated carbocycles. The fourth-order valence-corrected chi connectivity index (χ4v) is 2.91. The molecule has 2 N–H and O–H groups in total. The Labute approximate surface area is 170 Å². The molecule has 0 heterocycles. The van der Waals surface area contributed by atoms with Crippen LogP contribution in [-0.2, 0) is 9.59 Å². The number of methoxy groups -OCH3 is 1. The van der Waals surface area contributed by atoms with Gasteiger partial charge in [-0.25, -0.2) is 4.79 Å². The summed E-state index contributed by atoms with van der Waals surface area (Å²) in [6.45, 7) is 1.36. The molecular weight excluding hydrogens is 428 g/mol. The summed E-state index contributed by atoms with van der Waals surface area (Å²) in [5, 5.41) is 20.8. The third-order valence-corrected chi connectivity index (χ3v) is 4.13. The minimum absolute atomic E-state index is 0.102. The first-order valence-electron chi connectivity index (χ1n) is 8.06. The highest BCUT2D eigenvalue weighted by molar-refractivity contribution is 9.10. The summed E-state index contributed by atoms with van der Waals surface area (Å²) in [5.74, 6) is -1.20. The predicted octanol–water partition coefficient (Wildman–Crippen LogP) is 3.78. The molecule has 2 aromatic carbocycles. The molecule has 0 bridgehead atoms. The second-order valence-electron chi connectivity index (χ2n) is 5.71. The second kappa shape index (κ2) is 9.58. The van der Waals surface area contributed by atoms with Gasteiger partial charge in [0.15, 0.2) is 18.1 Å². The average Bonchev–Trinajstić information content (AvgIpc) is 2.64. The number of rotatable bonds is 7. The van der Waals surface area contributed by atoms with Gasteiger partial charge in [0.05, 0.1) is 11.6 Å². The second-order valence-corrected chi connectivity index (χ2v) is 6.56. The highest BCUT2D eigenvalue weighted by Gasteiger charge is 2.15. The van der Waals surface area contributed by atoms with E-state index in [1.807, 2.05) is 19.1 Å². The summed E-state index contributed by atoms with van der Waals surface area (Å²) >= 11 is 3.29. The zero-order chi connectivity index (χ0) is 20.7. The molecule has 0 unspecified atom stereocenters. The third-order valence-electron chi connectivity index (χ3n) is 3.54. The van der Waals surface area contributed by atoms with Crippen LogP contribution in [0.15, 0.2) is 46.4 Å². The van der Waals surface area contributed by atoms with Crippen LogP contribution in [0.3, 0.4) is 0 Å². The van der Waals surface area contributed by atoms with E-state index in [0.29, 0.717) is 15.7 Å². The first-order chi connectivity index (χ1) is 13.3. The first kappa shape index (κ1) is 21.0. The lowest BCUT2D eigenvalue weighted by atomic mass is 10.1. The van der Waals surface area contributed by atoms with Crippen LogP contribution in [0.25, 0.3) is 6.08 Å². The van der Waals surface area contributed by atoms with Crippen LogP contribution in [0.1, 0.15) is 11.1 Å². The van der Waals surface area contributed by atoms with Crippen LogP contribution in [-0.4, -0.2) is 30.7 Å². The van der Waals surface area contributed by atoms with Gasteiger partial charge < -0.3 is 19.9 Å². The van der Waals surface area contributed by atoms with Gasteiger partial charge in [0.1, 0.15) is 11.6 Å². The molecule has 7 nitrogen and oxygen atoms in total. The number of amides is 1. The van der Waals surface area contributed by atoms with Crippen molar-refractivity contribution < 1.29 is 24.2 Å². The van der Waals surface area contributed by atoms with E-state index in [9.17, 15) is 14.9 Å². The Balaban J connectivity index is 2.30. The molecular formula is C20H17BrN2O5. The Hall–Kier alpha value is -3.31. The van der Waals surface area contributed by atoms with Crippen molar-refractivity contribution in [2.24, 2.45) is 0 Å². The Morgan fingerprint density at radius 3 is 2.68 bits per heavy atom. The Morgan fingerprint density at radius 2 is 2.07 bits per heavy atom. The average molecular weight is 445 g/mol. The van der Waals surface area contributed by atoms with Crippen LogP contribution in [0, 0.1) is 18.3 Å². The lowest BCUT2D eigenvalue weighted by Gasteiger charge is -2.12. The number of aliphatic carboxylic acids is 1. The van der Waals surface area contributed by atoms with E-state index in [1.54, 1.807) is 30.3 Å². The van der Waals surface area contributed by atoms with E-state index < -0.39 is 18.5 Å². The molecule has 1 amide bonds. The third kappa shape index (κ3) is 5.59. The highest BCUT2D eigenvalue weighted by Crippen LogP contribution is 2.37. The van der Waals surface area contributed by atoms with Gasteiger partial charge in [0.2, 0.25) is 0 Å². The molecule has 8 heteroatoms. The van der Waals surface area contributed by atoms with E-state index in [0.717, 1.165) is 5.56 Å². The molecule has 0 atom stereocenters. The van der Waals surface area contributed by atoms with E-state index in [4.69, 9.17) is 14.6 Å². The predicted molar refractivity (Wildman–Crippen MR) is 107 cm³/mol. The minimum Gasteiger partial charge on any atom is -0.493 e. The van der Waals surface area contributed by atoms with E-state index in [2.05, 4.69) is 21.2 Å². The molecule has 2 aromatic rings. The van der Waals surface area contributed by atoms with E-state index in [1.165, 1.54) is 13.2 Å². The molecule has 144 valence electrons. The lowest BCUT2D eigenvalue weighted by Crippen LogP contribution is -2.13. The topological polar surface area (TPSA) is 109 Å². The molecule has 0 aliphatic heterocycles. The first-order valence-corrected chi connectivity index (χ1v) is 8.85. The maximum atomic E-state index is 12.4. The van der Waals surface area contributed by atoms with Gasteiger partial charge in [-0.05, 0) is 64.3 Å². The number of halogens is 1. The number of benzene rings is 2. The van der Waals surface area contributed by atoms with Crippen LogP contribution >= 0.6 is 15.9 Å². The van der Waals surface area contributed by atoms with Crippen molar-refractivity contribution in [3.63, 3.8) is 0 Å². The van der Waals surface area contributed by atoms with Gasteiger partial charge in [-0.2, -0.15) is 5.26 Å². The highest BCUT2D eigenvalue weighted by atomic mass is 79.9. The number of anilines is 1. The summed E-state index contributed by atoms with van der Waals surface area (Å²) in [4.78, 5) is 23.1. The van der Waals surface area contributed by atoms with Crippen molar-refractivity contribution in [3.8, 4) is 17.6 Å². The van der Waals surface area contributed by atoms with Crippen LogP contribution in [0.5, 0.6) is 11.5 Å². The minimum atomic E-state index is -1.13. The van der Waals surface area contributed by atoms with Gasteiger partial charge >= 0.3 is 5.97 Å². The van der Waals surface area contributed by atoms with Gasteiger partial charge in [-0.1, -0.05) is 12.1 Å². The number of nitriles is 1. The molecule has 0 aliphatic carbocycles. The van der Waals surface area contributed by atoms with Gasteiger partial charge in [-0.15, -0.1) is 0 Å². The zero-order valence-electron chi connectivity index (χ0n) is 15.2. The largest absolute Gasteiger partial charge is 0.493 e. The van der Waals surface area contributed by atoms with Gasteiger partial charge in [-0.3, -0.25) is 4.79 Å². The number of carboxylic acids is 1.